The van der Waals surface area contributed by atoms with Gasteiger partial charge in [-0.25, -0.2) is 0 Å². The molecule has 0 radical (unpaired) electrons. The lowest BCUT2D eigenvalue weighted by Gasteiger charge is -2.21. The Morgan fingerprint density at radius 2 is 2.07 bits per heavy atom. The van der Waals surface area contributed by atoms with E-state index in [1.165, 1.54) is 0 Å². The van der Waals surface area contributed by atoms with Gasteiger partial charge in [-0.3, -0.25) is 0 Å². The molecular formula is C10H11ClO4. The summed E-state index contributed by atoms with van der Waals surface area (Å²) in [5.74, 6) is 1.01. The predicted molar refractivity (Wildman–Crippen MR) is 54.5 cm³/mol. The summed E-state index contributed by atoms with van der Waals surface area (Å²) < 4.78 is 10.7. The Bertz CT molecular complexity index is 367. The lowest BCUT2D eigenvalue weighted by atomic mass is 10.1. The largest absolute Gasteiger partial charge is 0.486 e. The Morgan fingerprint density at radius 3 is 2.80 bits per heavy atom. The van der Waals surface area contributed by atoms with E-state index in [1.807, 2.05) is 0 Å². The van der Waals surface area contributed by atoms with Crippen LogP contribution in [0.25, 0.3) is 0 Å². The van der Waals surface area contributed by atoms with Crippen molar-refractivity contribution in [1.29, 1.82) is 0 Å². The first-order valence-corrected chi connectivity index (χ1v) is 4.98. The topological polar surface area (TPSA) is 58.9 Å². The molecule has 1 aromatic carbocycles. The van der Waals surface area contributed by atoms with Crippen LogP contribution >= 0.6 is 11.6 Å². The van der Waals surface area contributed by atoms with E-state index in [1.54, 1.807) is 12.1 Å². The van der Waals surface area contributed by atoms with E-state index >= 15 is 0 Å². The number of hydrogen-bond acceptors (Lipinski definition) is 4. The Kier molecular flexibility index (Phi) is 3.00. The summed E-state index contributed by atoms with van der Waals surface area (Å²) in [6.45, 7) is 0.576. The summed E-state index contributed by atoms with van der Waals surface area (Å²) >= 11 is 5.95. The number of fused-ring (bicyclic) bond motifs is 1. The van der Waals surface area contributed by atoms with Crippen molar-refractivity contribution >= 4 is 11.6 Å². The Balaban J connectivity index is 2.40. The van der Waals surface area contributed by atoms with Crippen molar-refractivity contribution < 1.29 is 19.7 Å². The molecule has 0 fully saturated rings. The lowest BCUT2D eigenvalue weighted by Crippen LogP contribution is -2.16. The highest BCUT2D eigenvalue weighted by Gasteiger charge is 2.18. The molecule has 1 aliphatic heterocycles. The van der Waals surface area contributed by atoms with Gasteiger partial charge in [-0.15, -0.1) is 0 Å². The number of ether oxygens (including phenoxy) is 2. The standard InChI is InChI=1S/C10H11ClO4/c11-7-3-6(8(13)5-12)4-9-10(7)15-2-1-14-9/h3-4,8,12-13H,1-2,5H2. The number of aliphatic hydroxyl groups excluding tert-OH is 2. The molecule has 1 aliphatic rings. The minimum atomic E-state index is -0.946. The van der Waals surface area contributed by atoms with Crippen LogP contribution in [0.15, 0.2) is 12.1 Å². The molecule has 1 unspecified atom stereocenters. The van der Waals surface area contributed by atoms with Crippen LogP contribution in [0.5, 0.6) is 11.5 Å². The van der Waals surface area contributed by atoms with Gasteiger partial charge in [0.1, 0.15) is 19.3 Å². The van der Waals surface area contributed by atoms with Crippen LogP contribution in [-0.2, 0) is 0 Å². The second kappa shape index (κ2) is 4.26. The highest BCUT2D eigenvalue weighted by atomic mass is 35.5. The third kappa shape index (κ3) is 2.02. The van der Waals surface area contributed by atoms with Crippen LogP contribution in [0.3, 0.4) is 0 Å². The SMILES string of the molecule is OCC(O)c1cc(Cl)c2c(c1)OCCO2. The molecular weight excluding hydrogens is 220 g/mol. The van der Waals surface area contributed by atoms with E-state index < -0.39 is 6.10 Å². The van der Waals surface area contributed by atoms with Crippen molar-refractivity contribution in [3.63, 3.8) is 0 Å². The number of hydrogen-bond donors (Lipinski definition) is 2. The second-order valence-electron chi connectivity index (χ2n) is 3.23. The van der Waals surface area contributed by atoms with E-state index in [0.717, 1.165) is 0 Å². The number of benzene rings is 1. The summed E-state index contributed by atoms with van der Waals surface area (Å²) in [4.78, 5) is 0. The van der Waals surface area contributed by atoms with Crippen molar-refractivity contribution in [2.24, 2.45) is 0 Å². The molecule has 0 aromatic heterocycles. The van der Waals surface area contributed by atoms with Gasteiger partial charge in [0.2, 0.25) is 0 Å². The average Bonchev–Trinajstić information content (AvgIpc) is 2.28. The number of halogens is 1. The molecule has 2 rings (SSSR count). The molecule has 0 amide bonds. The van der Waals surface area contributed by atoms with Crippen LogP contribution in [0, 0.1) is 0 Å². The smallest absolute Gasteiger partial charge is 0.179 e. The minimum Gasteiger partial charge on any atom is -0.486 e. The van der Waals surface area contributed by atoms with Crippen molar-refractivity contribution in [2.75, 3.05) is 19.8 Å². The van der Waals surface area contributed by atoms with Crippen LogP contribution in [-0.4, -0.2) is 30.0 Å². The second-order valence-corrected chi connectivity index (χ2v) is 3.63. The number of rotatable bonds is 2. The molecule has 4 nitrogen and oxygen atoms in total. The Morgan fingerprint density at radius 1 is 1.33 bits per heavy atom. The molecule has 0 saturated carbocycles. The molecule has 0 bridgehead atoms. The van der Waals surface area contributed by atoms with Crippen molar-refractivity contribution in [1.82, 2.24) is 0 Å². The van der Waals surface area contributed by atoms with Gasteiger partial charge < -0.3 is 19.7 Å². The quantitative estimate of drug-likeness (QED) is 0.800. The van der Waals surface area contributed by atoms with Gasteiger partial charge in [-0.1, -0.05) is 11.6 Å². The van der Waals surface area contributed by atoms with Gasteiger partial charge >= 0.3 is 0 Å². The molecule has 15 heavy (non-hydrogen) atoms. The molecule has 1 atom stereocenters. The lowest BCUT2D eigenvalue weighted by molar-refractivity contribution is 0.0948. The van der Waals surface area contributed by atoms with Crippen molar-refractivity contribution in [2.45, 2.75) is 6.10 Å². The van der Waals surface area contributed by atoms with Gasteiger partial charge in [0.05, 0.1) is 11.6 Å². The van der Waals surface area contributed by atoms with Crippen LogP contribution in [0.2, 0.25) is 5.02 Å². The van der Waals surface area contributed by atoms with Crippen LogP contribution in [0.4, 0.5) is 0 Å². The van der Waals surface area contributed by atoms with Crippen LogP contribution in [0.1, 0.15) is 11.7 Å². The van der Waals surface area contributed by atoms with E-state index in [2.05, 4.69) is 0 Å². The first kappa shape index (κ1) is 10.5. The average molecular weight is 231 g/mol. The third-order valence-corrected chi connectivity index (χ3v) is 2.46. The highest BCUT2D eigenvalue weighted by molar-refractivity contribution is 6.32. The normalized spacial score (nSPS) is 16.2. The van der Waals surface area contributed by atoms with Gasteiger partial charge in [-0.05, 0) is 17.7 Å². The maximum atomic E-state index is 9.45. The molecule has 0 saturated heterocycles. The first-order valence-electron chi connectivity index (χ1n) is 4.60. The summed E-state index contributed by atoms with van der Waals surface area (Å²) in [6, 6.07) is 3.19. The summed E-state index contributed by atoms with van der Waals surface area (Å²) in [5.41, 5.74) is 0.520. The summed E-state index contributed by atoms with van der Waals surface area (Å²) in [5, 5.41) is 18.7. The predicted octanol–water partition coefficient (Wildman–Crippen LogP) is 1.14. The summed E-state index contributed by atoms with van der Waals surface area (Å²) in [6.07, 6.45) is -0.946. The van der Waals surface area contributed by atoms with Gasteiger partial charge in [0, 0.05) is 0 Å². The van der Waals surface area contributed by atoms with Crippen molar-refractivity contribution in [3.8, 4) is 11.5 Å². The van der Waals surface area contributed by atoms with E-state index in [-0.39, 0.29) is 6.61 Å². The van der Waals surface area contributed by atoms with Crippen molar-refractivity contribution in [3.05, 3.63) is 22.7 Å². The zero-order valence-electron chi connectivity index (χ0n) is 7.94. The molecule has 1 aromatic rings. The fraction of sp³-hybridized carbons (Fsp3) is 0.400. The Hall–Kier alpha value is -0.970. The third-order valence-electron chi connectivity index (χ3n) is 2.18. The zero-order chi connectivity index (χ0) is 10.8. The summed E-state index contributed by atoms with van der Waals surface area (Å²) in [7, 11) is 0. The van der Waals surface area contributed by atoms with E-state index in [0.29, 0.717) is 35.3 Å². The van der Waals surface area contributed by atoms with E-state index in [9.17, 15) is 5.11 Å². The zero-order valence-corrected chi connectivity index (χ0v) is 8.70. The monoisotopic (exact) mass is 230 g/mol. The molecule has 0 aliphatic carbocycles. The first-order chi connectivity index (χ1) is 7.22. The minimum absolute atomic E-state index is 0.351. The van der Waals surface area contributed by atoms with Gasteiger partial charge in [-0.2, -0.15) is 0 Å². The molecule has 1 heterocycles. The number of aliphatic hydroxyl groups is 2. The fourth-order valence-corrected chi connectivity index (χ4v) is 1.70. The fourth-order valence-electron chi connectivity index (χ4n) is 1.43. The van der Waals surface area contributed by atoms with Crippen LogP contribution < -0.4 is 9.47 Å². The molecule has 2 N–H and O–H groups in total. The Labute approximate surface area is 92.0 Å². The molecule has 82 valence electrons. The highest BCUT2D eigenvalue weighted by Crippen LogP contribution is 2.39. The maximum absolute atomic E-state index is 9.45. The van der Waals surface area contributed by atoms with Gasteiger partial charge in [0.25, 0.3) is 0 Å². The van der Waals surface area contributed by atoms with E-state index in [4.69, 9.17) is 26.2 Å². The molecule has 0 spiro atoms. The maximum Gasteiger partial charge on any atom is 0.179 e. The molecule has 5 heteroatoms. The van der Waals surface area contributed by atoms with Gasteiger partial charge in [0.15, 0.2) is 11.5 Å².